The molecule has 10 nitrogen and oxygen atoms in total. The number of nitrogens with one attached hydrogen (secondary N) is 3. The summed E-state index contributed by atoms with van der Waals surface area (Å²) in [6.07, 6.45) is 2.11. The summed E-state index contributed by atoms with van der Waals surface area (Å²) in [5.41, 5.74) is 5.38. The van der Waals surface area contributed by atoms with Gasteiger partial charge in [0.1, 0.15) is 11.6 Å². The predicted octanol–water partition coefficient (Wildman–Crippen LogP) is 4.72. The lowest BCUT2D eigenvalue weighted by Crippen LogP contribution is -2.23. The van der Waals surface area contributed by atoms with Gasteiger partial charge >= 0.3 is 0 Å². The highest BCUT2D eigenvalue weighted by atomic mass is 32.2. The fraction of sp³-hybridized carbons (Fsp3) is 0.207. The Labute approximate surface area is 238 Å². The van der Waals surface area contributed by atoms with E-state index in [1.54, 1.807) is 18.3 Å². The molecule has 0 aliphatic carbocycles. The van der Waals surface area contributed by atoms with Gasteiger partial charge in [0.2, 0.25) is 21.9 Å². The maximum atomic E-state index is 13.2. The molecule has 2 aromatic heterocycles. The zero-order valence-electron chi connectivity index (χ0n) is 23.0. The van der Waals surface area contributed by atoms with Gasteiger partial charge in [0.25, 0.3) is 0 Å². The maximum absolute atomic E-state index is 13.2. The molecular weight excluding hydrogens is 543 g/mol. The molecule has 5 aromatic rings. The minimum absolute atomic E-state index is 0.0336. The second-order valence-electron chi connectivity index (χ2n) is 9.54. The summed E-state index contributed by atoms with van der Waals surface area (Å²) in [5, 5.41) is 6.53. The van der Waals surface area contributed by atoms with Crippen molar-refractivity contribution in [2.75, 3.05) is 35.4 Å². The molecular formula is C29H31FN8O2S. The molecule has 0 unspecified atom stereocenters. The lowest BCUT2D eigenvalue weighted by molar-refractivity contribution is 0.587. The summed E-state index contributed by atoms with van der Waals surface area (Å²) < 4.78 is 40.9. The van der Waals surface area contributed by atoms with Crippen LogP contribution in [0, 0.1) is 5.82 Å². The third kappa shape index (κ3) is 6.79. The van der Waals surface area contributed by atoms with Crippen LogP contribution in [0.3, 0.4) is 0 Å². The van der Waals surface area contributed by atoms with Crippen LogP contribution in [-0.2, 0) is 30.0 Å². The topological polar surface area (TPSA) is 117 Å². The fourth-order valence-electron chi connectivity index (χ4n) is 4.30. The monoisotopic (exact) mass is 574 g/mol. The molecule has 0 aliphatic heterocycles. The van der Waals surface area contributed by atoms with Crippen LogP contribution in [0.5, 0.6) is 0 Å². The lowest BCUT2D eigenvalue weighted by Gasteiger charge is -2.19. The lowest BCUT2D eigenvalue weighted by atomic mass is 10.1. The number of benzene rings is 3. The molecule has 0 fully saturated rings. The number of halogens is 1. The van der Waals surface area contributed by atoms with Crippen molar-refractivity contribution in [3.05, 3.63) is 95.9 Å². The van der Waals surface area contributed by atoms with Crippen molar-refractivity contribution >= 4 is 50.1 Å². The van der Waals surface area contributed by atoms with Crippen LogP contribution < -0.4 is 20.3 Å². The van der Waals surface area contributed by atoms with Gasteiger partial charge in [-0.2, -0.15) is 4.98 Å². The van der Waals surface area contributed by atoms with Crippen LogP contribution in [-0.4, -0.2) is 47.8 Å². The van der Waals surface area contributed by atoms with Crippen LogP contribution in [0.4, 0.5) is 33.5 Å². The average molecular weight is 575 g/mol. The SMILES string of the molecule is CNS(=O)(=O)CCc1ccc(Nc2nccc(N(C)c3ccc4c(c3)nc(NCc3ccc(F)cc3)n4C)n2)cc1. The average Bonchev–Trinajstić information content (AvgIpc) is 3.30. The highest BCUT2D eigenvalue weighted by molar-refractivity contribution is 7.89. The molecule has 5 rings (SSSR count). The van der Waals surface area contributed by atoms with Gasteiger partial charge in [0.05, 0.1) is 16.8 Å². The minimum Gasteiger partial charge on any atom is -0.352 e. The molecule has 41 heavy (non-hydrogen) atoms. The molecule has 3 aromatic carbocycles. The number of rotatable bonds is 11. The second kappa shape index (κ2) is 11.9. The Morgan fingerprint density at radius 1 is 0.951 bits per heavy atom. The van der Waals surface area contributed by atoms with E-state index in [-0.39, 0.29) is 11.6 Å². The molecule has 0 saturated carbocycles. The number of hydrogen-bond donors (Lipinski definition) is 3. The summed E-state index contributed by atoms with van der Waals surface area (Å²) >= 11 is 0. The minimum atomic E-state index is -3.25. The Hall–Kier alpha value is -4.55. The van der Waals surface area contributed by atoms with Crippen LogP contribution in [0.1, 0.15) is 11.1 Å². The summed E-state index contributed by atoms with van der Waals surface area (Å²) in [7, 11) is 2.04. The van der Waals surface area contributed by atoms with Gasteiger partial charge in [-0.15, -0.1) is 0 Å². The van der Waals surface area contributed by atoms with E-state index in [0.29, 0.717) is 30.7 Å². The van der Waals surface area contributed by atoms with Crippen molar-refractivity contribution < 1.29 is 12.8 Å². The number of sulfonamides is 1. The van der Waals surface area contributed by atoms with Crippen LogP contribution in [0.25, 0.3) is 11.0 Å². The normalized spacial score (nSPS) is 11.5. The van der Waals surface area contributed by atoms with Crippen LogP contribution in [0.2, 0.25) is 0 Å². The van der Waals surface area contributed by atoms with Crippen LogP contribution in [0.15, 0.2) is 79.0 Å². The summed E-state index contributed by atoms with van der Waals surface area (Å²) in [5.74, 6) is 1.62. The first-order valence-corrected chi connectivity index (χ1v) is 14.6. The van der Waals surface area contributed by atoms with Gasteiger partial charge in [0.15, 0.2) is 0 Å². The third-order valence-electron chi connectivity index (χ3n) is 6.78. The Morgan fingerprint density at radius 2 is 1.68 bits per heavy atom. The first kappa shape index (κ1) is 28.0. The number of anilines is 5. The number of imidazole rings is 1. The number of aryl methyl sites for hydroxylation is 2. The van der Waals surface area contributed by atoms with Gasteiger partial charge < -0.3 is 20.1 Å². The third-order valence-corrected chi connectivity index (χ3v) is 8.14. The van der Waals surface area contributed by atoms with Crippen LogP contribution >= 0.6 is 0 Å². The van der Waals surface area contributed by atoms with Gasteiger partial charge in [-0.25, -0.2) is 27.5 Å². The van der Waals surface area contributed by atoms with E-state index in [0.717, 1.165) is 33.5 Å². The molecule has 0 saturated heterocycles. The first-order chi connectivity index (χ1) is 19.7. The quantitative estimate of drug-likeness (QED) is 0.208. The number of fused-ring (bicyclic) bond motifs is 1. The molecule has 3 N–H and O–H groups in total. The molecule has 0 bridgehead atoms. The molecule has 12 heteroatoms. The Bertz CT molecular complexity index is 1760. The standard InChI is InChI=1S/C29H31FN8O2S/c1-31-41(39,40)17-15-20-6-10-23(11-7-20)34-28-32-16-14-27(36-28)37(2)24-12-13-26-25(18-24)35-29(38(26)3)33-19-21-4-8-22(30)9-5-21/h4-14,16,18,31H,15,17,19H2,1-3H3,(H,33,35)(H,32,34,36). The van der Waals surface area contributed by atoms with Crippen molar-refractivity contribution in [2.24, 2.45) is 7.05 Å². The molecule has 0 atom stereocenters. The zero-order valence-corrected chi connectivity index (χ0v) is 23.8. The van der Waals surface area contributed by atoms with Crippen molar-refractivity contribution in [1.82, 2.24) is 24.2 Å². The molecule has 0 amide bonds. The maximum Gasteiger partial charge on any atom is 0.229 e. The van der Waals surface area contributed by atoms with Crippen molar-refractivity contribution in [3.63, 3.8) is 0 Å². The van der Waals surface area contributed by atoms with E-state index in [2.05, 4.69) is 25.3 Å². The summed E-state index contributed by atoms with van der Waals surface area (Å²) in [4.78, 5) is 15.7. The van der Waals surface area contributed by atoms with E-state index in [1.165, 1.54) is 19.2 Å². The first-order valence-electron chi connectivity index (χ1n) is 13.0. The van der Waals surface area contributed by atoms with Crippen molar-refractivity contribution in [2.45, 2.75) is 13.0 Å². The van der Waals surface area contributed by atoms with E-state index in [9.17, 15) is 12.8 Å². The van der Waals surface area contributed by atoms with Gasteiger partial charge in [-0.3, -0.25) is 0 Å². The van der Waals surface area contributed by atoms with E-state index in [1.807, 2.05) is 72.1 Å². The zero-order chi connectivity index (χ0) is 29.0. The fourth-order valence-corrected chi connectivity index (χ4v) is 5.01. The molecule has 0 spiro atoms. The molecule has 0 aliphatic rings. The largest absolute Gasteiger partial charge is 0.352 e. The second-order valence-corrected chi connectivity index (χ2v) is 11.6. The number of hydrogen-bond acceptors (Lipinski definition) is 8. The highest BCUT2D eigenvalue weighted by Crippen LogP contribution is 2.28. The van der Waals surface area contributed by atoms with E-state index < -0.39 is 10.0 Å². The Morgan fingerprint density at radius 3 is 2.41 bits per heavy atom. The summed E-state index contributed by atoms with van der Waals surface area (Å²) in [6.45, 7) is 0.530. The van der Waals surface area contributed by atoms with Gasteiger partial charge in [-0.1, -0.05) is 24.3 Å². The molecule has 0 radical (unpaired) electrons. The van der Waals surface area contributed by atoms with Crippen molar-refractivity contribution in [3.8, 4) is 0 Å². The highest BCUT2D eigenvalue weighted by Gasteiger charge is 2.13. The van der Waals surface area contributed by atoms with E-state index in [4.69, 9.17) is 4.98 Å². The molecule has 212 valence electrons. The van der Waals surface area contributed by atoms with Gasteiger partial charge in [-0.05, 0) is 73.1 Å². The Kier molecular flexibility index (Phi) is 8.13. The molecule has 2 heterocycles. The number of nitrogens with zero attached hydrogens (tertiary/aromatic N) is 5. The smallest absolute Gasteiger partial charge is 0.229 e. The van der Waals surface area contributed by atoms with Gasteiger partial charge in [0, 0.05) is 38.2 Å². The Balaban J connectivity index is 1.27. The summed E-state index contributed by atoms with van der Waals surface area (Å²) in [6, 6.07) is 21.8. The number of aromatic nitrogens is 4. The van der Waals surface area contributed by atoms with E-state index >= 15 is 0 Å². The van der Waals surface area contributed by atoms with Crippen molar-refractivity contribution in [1.29, 1.82) is 0 Å². The predicted molar refractivity (Wildman–Crippen MR) is 161 cm³/mol.